The lowest BCUT2D eigenvalue weighted by molar-refractivity contribution is 0.0959. The molecular formula is C18H16ClN3O3. The average molecular weight is 358 g/mol. The molecule has 0 radical (unpaired) electrons. The van der Waals surface area contributed by atoms with Gasteiger partial charge in [0.1, 0.15) is 18.1 Å². The zero-order valence-electron chi connectivity index (χ0n) is 13.6. The van der Waals surface area contributed by atoms with Crippen LogP contribution in [0.2, 0.25) is 5.02 Å². The minimum atomic E-state index is -0.180. The van der Waals surface area contributed by atoms with Crippen LogP contribution in [0.1, 0.15) is 0 Å². The lowest BCUT2D eigenvalue weighted by Gasteiger charge is -2.30. The van der Waals surface area contributed by atoms with Crippen LogP contribution in [0.5, 0.6) is 11.5 Å². The number of nitrogens with zero attached hydrogens (tertiary/aromatic N) is 3. The number of fused-ring (bicyclic) bond motifs is 2. The van der Waals surface area contributed by atoms with Crippen LogP contribution >= 0.6 is 11.6 Å². The number of anilines is 1. The highest BCUT2D eigenvalue weighted by Gasteiger charge is 2.22. The van der Waals surface area contributed by atoms with Crippen LogP contribution < -0.4 is 19.9 Å². The maximum absolute atomic E-state index is 12.3. The molecule has 0 saturated heterocycles. The van der Waals surface area contributed by atoms with Gasteiger partial charge in [0.05, 0.1) is 11.6 Å². The number of pyridine rings is 1. The van der Waals surface area contributed by atoms with E-state index in [0.717, 1.165) is 11.5 Å². The molecule has 1 aromatic carbocycles. The molecule has 4 rings (SSSR count). The third-order valence-corrected chi connectivity index (χ3v) is 4.27. The zero-order chi connectivity index (χ0) is 17.4. The molecule has 3 heterocycles. The molecule has 0 N–H and O–H groups in total. The van der Waals surface area contributed by atoms with Crippen molar-refractivity contribution in [3.63, 3.8) is 0 Å². The van der Waals surface area contributed by atoms with Crippen molar-refractivity contribution in [3.05, 3.63) is 64.0 Å². The number of hydrogen-bond acceptors (Lipinski definition) is 5. The summed E-state index contributed by atoms with van der Waals surface area (Å²) in [5.74, 6) is 2.06. The largest absolute Gasteiger partial charge is 0.486 e. The molecule has 128 valence electrons. The first-order chi connectivity index (χ1) is 12.1. The van der Waals surface area contributed by atoms with E-state index in [1.54, 1.807) is 18.3 Å². The van der Waals surface area contributed by atoms with Crippen molar-refractivity contribution in [2.24, 2.45) is 0 Å². The number of likely N-dealkylation sites (N-methyl/N-ethyl adjacent to an activating group) is 1. The van der Waals surface area contributed by atoms with Gasteiger partial charge in [-0.3, -0.25) is 9.20 Å². The lowest BCUT2D eigenvalue weighted by Crippen LogP contribution is -2.40. The van der Waals surface area contributed by atoms with Crippen molar-refractivity contribution in [2.45, 2.75) is 6.10 Å². The second kappa shape index (κ2) is 6.29. The van der Waals surface area contributed by atoms with Gasteiger partial charge in [-0.25, -0.2) is 4.98 Å². The highest BCUT2D eigenvalue weighted by atomic mass is 35.5. The van der Waals surface area contributed by atoms with Gasteiger partial charge in [0.25, 0.3) is 5.56 Å². The van der Waals surface area contributed by atoms with E-state index >= 15 is 0 Å². The monoisotopic (exact) mass is 357 g/mol. The Morgan fingerprint density at radius 2 is 2.08 bits per heavy atom. The zero-order valence-corrected chi connectivity index (χ0v) is 14.3. The van der Waals surface area contributed by atoms with Crippen molar-refractivity contribution < 1.29 is 9.47 Å². The Morgan fingerprint density at radius 1 is 1.28 bits per heavy atom. The molecule has 0 bridgehead atoms. The van der Waals surface area contributed by atoms with E-state index in [0.29, 0.717) is 29.6 Å². The third kappa shape index (κ3) is 3.13. The van der Waals surface area contributed by atoms with Gasteiger partial charge in [-0.2, -0.15) is 0 Å². The van der Waals surface area contributed by atoms with Crippen LogP contribution in [-0.2, 0) is 0 Å². The van der Waals surface area contributed by atoms with Gasteiger partial charge >= 0.3 is 0 Å². The fraction of sp³-hybridized carbons (Fsp3) is 0.222. The Balaban J connectivity index is 1.56. The fourth-order valence-corrected chi connectivity index (χ4v) is 2.97. The molecule has 0 saturated carbocycles. The van der Waals surface area contributed by atoms with Crippen LogP contribution in [0.4, 0.5) is 5.82 Å². The minimum absolute atomic E-state index is 0.148. The van der Waals surface area contributed by atoms with Gasteiger partial charge in [-0.05, 0) is 24.3 Å². The molecule has 1 atom stereocenters. The fourth-order valence-electron chi connectivity index (χ4n) is 2.81. The SMILES string of the molecule is CN(CC1COc2ccccc2O1)c1cc(=O)n2cc(Cl)ccc2n1. The maximum Gasteiger partial charge on any atom is 0.260 e. The molecule has 1 unspecified atom stereocenters. The second-order valence-corrected chi connectivity index (χ2v) is 6.34. The topological polar surface area (TPSA) is 56.1 Å². The molecule has 0 fully saturated rings. The molecule has 6 nitrogen and oxygen atoms in total. The van der Waals surface area contributed by atoms with E-state index in [9.17, 15) is 4.79 Å². The van der Waals surface area contributed by atoms with Crippen molar-refractivity contribution >= 4 is 23.1 Å². The molecule has 25 heavy (non-hydrogen) atoms. The standard InChI is InChI=1S/C18H16ClN3O3/c1-21(10-13-11-24-14-4-2-3-5-15(14)25-13)17-8-18(23)22-9-12(19)6-7-16(22)20-17/h2-9,13H,10-11H2,1H3. The molecule has 7 heteroatoms. The van der Waals surface area contributed by atoms with E-state index in [4.69, 9.17) is 21.1 Å². The smallest absolute Gasteiger partial charge is 0.260 e. The number of halogens is 1. The van der Waals surface area contributed by atoms with E-state index in [1.165, 1.54) is 10.5 Å². The van der Waals surface area contributed by atoms with E-state index < -0.39 is 0 Å². The van der Waals surface area contributed by atoms with Crippen molar-refractivity contribution in [1.29, 1.82) is 0 Å². The number of para-hydroxylation sites is 2. The summed E-state index contributed by atoms with van der Waals surface area (Å²) in [6.07, 6.45) is 1.41. The predicted octanol–water partition coefficient (Wildman–Crippen LogP) is 2.62. The molecule has 0 amide bonds. The molecule has 1 aliphatic rings. The van der Waals surface area contributed by atoms with Gasteiger partial charge in [-0.15, -0.1) is 0 Å². The summed E-state index contributed by atoms with van der Waals surface area (Å²) >= 11 is 5.93. The molecule has 3 aromatic rings. The Labute approximate surface area is 149 Å². The van der Waals surface area contributed by atoms with Gasteiger partial charge in [0.15, 0.2) is 17.6 Å². The highest BCUT2D eigenvalue weighted by Crippen LogP contribution is 2.31. The average Bonchev–Trinajstić information content (AvgIpc) is 2.62. The number of hydrogen-bond donors (Lipinski definition) is 0. The lowest BCUT2D eigenvalue weighted by atomic mass is 10.2. The van der Waals surface area contributed by atoms with Crippen LogP contribution in [0.25, 0.3) is 5.65 Å². The summed E-state index contributed by atoms with van der Waals surface area (Å²) in [4.78, 5) is 18.7. The van der Waals surface area contributed by atoms with Crippen molar-refractivity contribution in [1.82, 2.24) is 9.38 Å². The van der Waals surface area contributed by atoms with Crippen molar-refractivity contribution in [3.8, 4) is 11.5 Å². The summed E-state index contributed by atoms with van der Waals surface area (Å²) in [6.45, 7) is 0.994. The molecule has 2 aromatic heterocycles. The summed E-state index contributed by atoms with van der Waals surface area (Å²) in [7, 11) is 1.87. The quantitative estimate of drug-likeness (QED) is 0.721. The molecule has 0 aliphatic carbocycles. The minimum Gasteiger partial charge on any atom is -0.486 e. The van der Waals surface area contributed by atoms with Gasteiger partial charge < -0.3 is 14.4 Å². The number of benzene rings is 1. The third-order valence-electron chi connectivity index (χ3n) is 4.05. The Hall–Kier alpha value is -2.73. The van der Waals surface area contributed by atoms with E-state index in [1.807, 2.05) is 36.2 Å². The number of ether oxygens (including phenoxy) is 2. The first-order valence-corrected chi connectivity index (χ1v) is 8.26. The maximum atomic E-state index is 12.3. The summed E-state index contributed by atoms with van der Waals surface area (Å²) in [6, 6.07) is 12.5. The summed E-state index contributed by atoms with van der Waals surface area (Å²) in [5, 5.41) is 0.490. The normalized spacial score (nSPS) is 16.0. The van der Waals surface area contributed by atoms with Crippen LogP contribution in [-0.4, -0.2) is 35.7 Å². The number of rotatable bonds is 3. The predicted molar refractivity (Wildman–Crippen MR) is 96.1 cm³/mol. The van der Waals surface area contributed by atoms with Gasteiger partial charge in [-0.1, -0.05) is 23.7 Å². The van der Waals surface area contributed by atoms with Crippen LogP contribution in [0.3, 0.4) is 0 Å². The van der Waals surface area contributed by atoms with Gasteiger partial charge in [0, 0.05) is 19.3 Å². The van der Waals surface area contributed by atoms with Crippen LogP contribution in [0.15, 0.2) is 53.5 Å². The Bertz CT molecular complexity index is 989. The molecule has 0 spiro atoms. The first kappa shape index (κ1) is 15.8. The number of aromatic nitrogens is 2. The molecule has 1 aliphatic heterocycles. The van der Waals surface area contributed by atoms with E-state index in [2.05, 4.69) is 4.98 Å². The van der Waals surface area contributed by atoms with Crippen molar-refractivity contribution in [2.75, 3.05) is 25.1 Å². The summed E-state index contributed by atoms with van der Waals surface area (Å²) in [5.41, 5.74) is 0.366. The first-order valence-electron chi connectivity index (χ1n) is 7.89. The van der Waals surface area contributed by atoms with Crippen LogP contribution in [0, 0.1) is 0 Å². The summed E-state index contributed by atoms with van der Waals surface area (Å²) < 4.78 is 13.1. The Morgan fingerprint density at radius 3 is 2.92 bits per heavy atom. The Kier molecular flexibility index (Phi) is 3.97. The highest BCUT2D eigenvalue weighted by molar-refractivity contribution is 6.30. The van der Waals surface area contributed by atoms with Gasteiger partial charge in [0.2, 0.25) is 0 Å². The second-order valence-electron chi connectivity index (χ2n) is 5.91. The molecular weight excluding hydrogens is 342 g/mol. The van der Waals surface area contributed by atoms with E-state index in [-0.39, 0.29) is 11.7 Å².